The standard InChI is InChI=1S/C15H25N/c1-11-9-13(3)14(10-12(11)2)7-8-16-15(4,5)6/h9-10,16H,7-8H2,1-6H3. The second-order valence-corrected chi connectivity index (χ2v) is 5.79. The van der Waals surface area contributed by atoms with Crippen molar-refractivity contribution in [1.82, 2.24) is 5.32 Å². The zero-order valence-electron chi connectivity index (χ0n) is 11.6. The van der Waals surface area contributed by atoms with E-state index in [1.165, 1.54) is 22.3 Å². The van der Waals surface area contributed by atoms with Gasteiger partial charge in [0.15, 0.2) is 0 Å². The molecule has 0 fully saturated rings. The van der Waals surface area contributed by atoms with Crippen LogP contribution in [0.4, 0.5) is 0 Å². The summed E-state index contributed by atoms with van der Waals surface area (Å²) in [6.45, 7) is 14.3. The van der Waals surface area contributed by atoms with Crippen molar-refractivity contribution in [3.05, 3.63) is 34.4 Å². The molecule has 1 N–H and O–H groups in total. The zero-order chi connectivity index (χ0) is 12.3. The maximum absolute atomic E-state index is 3.53. The Kier molecular flexibility index (Phi) is 4.15. The van der Waals surface area contributed by atoms with Gasteiger partial charge in [-0.2, -0.15) is 0 Å². The predicted octanol–water partition coefficient (Wildman–Crippen LogP) is 3.54. The highest BCUT2D eigenvalue weighted by Crippen LogP contribution is 2.15. The molecular weight excluding hydrogens is 194 g/mol. The second kappa shape index (κ2) is 5.01. The topological polar surface area (TPSA) is 12.0 Å². The van der Waals surface area contributed by atoms with Gasteiger partial charge in [0.25, 0.3) is 0 Å². The molecule has 16 heavy (non-hydrogen) atoms. The molecule has 0 aliphatic carbocycles. The Labute approximate surface area is 100 Å². The first-order valence-corrected chi connectivity index (χ1v) is 6.11. The average molecular weight is 219 g/mol. The Morgan fingerprint density at radius 1 is 0.938 bits per heavy atom. The first kappa shape index (κ1) is 13.2. The van der Waals surface area contributed by atoms with Gasteiger partial charge in [0.1, 0.15) is 0 Å². The molecule has 0 bridgehead atoms. The third-order valence-corrected chi connectivity index (χ3v) is 3.00. The Bertz CT molecular complexity index is 358. The van der Waals surface area contributed by atoms with Crippen LogP contribution in [0.2, 0.25) is 0 Å². The molecule has 1 aromatic carbocycles. The van der Waals surface area contributed by atoms with E-state index in [1.807, 2.05) is 0 Å². The molecule has 0 aromatic heterocycles. The van der Waals surface area contributed by atoms with Gasteiger partial charge in [-0.1, -0.05) is 12.1 Å². The van der Waals surface area contributed by atoms with Gasteiger partial charge in [0.05, 0.1) is 0 Å². The van der Waals surface area contributed by atoms with Crippen molar-refractivity contribution in [2.45, 2.75) is 53.5 Å². The Hall–Kier alpha value is -0.820. The van der Waals surface area contributed by atoms with E-state index in [2.05, 4.69) is 59.0 Å². The van der Waals surface area contributed by atoms with E-state index in [-0.39, 0.29) is 5.54 Å². The maximum atomic E-state index is 3.53. The monoisotopic (exact) mass is 219 g/mol. The Morgan fingerprint density at radius 2 is 1.50 bits per heavy atom. The highest BCUT2D eigenvalue weighted by atomic mass is 14.9. The van der Waals surface area contributed by atoms with Crippen LogP contribution < -0.4 is 5.32 Å². The van der Waals surface area contributed by atoms with Crippen molar-refractivity contribution >= 4 is 0 Å². The van der Waals surface area contributed by atoms with Crippen LogP contribution in [0, 0.1) is 20.8 Å². The van der Waals surface area contributed by atoms with Gasteiger partial charge in [0, 0.05) is 5.54 Å². The summed E-state index contributed by atoms with van der Waals surface area (Å²) in [5.74, 6) is 0. The predicted molar refractivity (Wildman–Crippen MR) is 72.1 cm³/mol. The third kappa shape index (κ3) is 3.97. The zero-order valence-corrected chi connectivity index (χ0v) is 11.6. The number of nitrogens with one attached hydrogen (secondary N) is 1. The molecule has 1 heteroatoms. The van der Waals surface area contributed by atoms with Crippen molar-refractivity contribution in [2.75, 3.05) is 6.54 Å². The number of aryl methyl sites for hydroxylation is 3. The minimum atomic E-state index is 0.216. The normalized spacial score (nSPS) is 11.9. The Balaban J connectivity index is 2.64. The summed E-state index contributed by atoms with van der Waals surface area (Å²) < 4.78 is 0. The molecule has 0 aliphatic heterocycles. The average Bonchev–Trinajstić information content (AvgIpc) is 2.11. The smallest absolute Gasteiger partial charge is 0.00966 e. The summed E-state index contributed by atoms with van der Waals surface area (Å²) in [7, 11) is 0. The minimum Gasteiger partial charge on any atom is -0.312 e. The van der Waals surface area contributed by atoms with Crippen LogP contribution in [0.5, 0.6) is 0 Å². The van der Waals surface area contributed by atoms with Crippen LogP contribution in [0.1, 0.15) is 43.0 Å². The molecule has 0 saturated heterocycles. The van der Waals surface area contributed by atoms with Gasteiger partial charge in [-0.25, -0.2) is 0 Å². The first-order chi connectivity index (χ1) is 7.29. The van der Waals surface area contributed by atoms with Gasteiger partial charge in [-0.3, -0.25) is 0 Å². The molecule has 1 rings (SSSR count). The summed E-state index contributed by atoms with van der Waals surface area (Å²) >= 11 is 0. The van der Waals surface area contributed by atoms with E-state index >= 15 is 0 Å². The molecule has 0 radical (unpaired) electrons. The molecule has 1 aromatic rings. The molecule has 1 nitrogen and oxygen atoms in total. The van der Waals surface area contributed by atoms with E-state index < -0.39 is 0 Å². The van der Waals surface area contributed by atoms with Gasteiger partial charge in [0.2, 0.25) is 0 Å². The van der Waals surface area contributed by atoms with Crippen LogP contribution in [-0.4, -0.2) is 12.1 Å². The molecular formula is C15H25N. The summed E-state index contributed by atoms with van der Waals surface area (Å²) in [6, 6.07) is 4.62. The first-order valence-electron chi connectivity index (χ1n) is 6.11. The van der Waals surface area contributed by atoms with Crippen LogP contribution >= 0.6 is 0 Å². The van der Waals surface area contributed by atoms with Crippen molar-refractivity contribution in [3.8, 4) is 0 Å². The van der Waals surface area contributed by atoms with Crippen LogP contribution in [0.25, 0.3) is 0 Å². The van der Waals surface area contributed by atoms with E-state index in [0.717, 1.165) is 13.0 Å². The fourth-order valence-electron chi connectivity index (χ4n) is 1.86. The van der Waals surface area contributed by atoms with Gasteiger partial charge < -0.3 is 5.32 Å². The number of rotatable bonds is 3. The number of benzene rings is 1. The third-order valence-electron chi connectivity index (χ3n) is 3.00. The molecule has 0 atom stereocenters. The van der Waals surface area contributed by atoms with Gasteiger partial charge >= 0.3 is 0 Å². The van der Waals surface area contributed by atoms with Crippen molar-refractivity contribution in [1.29, 1.82) is 0 Å². The van der Waals surface area contributed by atoms with Crippen molar-refractivity contribution in [3.63, 3.8) is 0 Å². The van der Waals surface area contributed by atoms with E-state index in [1.54, 1.807) is 0 Å². The summed E-state index contributed by atoms with van der Waals surface area (Å²) in [6.07, 6.45) is 1.12. The fourth-order valence-corrected chi connectivity index (χ4v) is 1.86. The summed E-state index contributed by atoms with van der Waals surface area (Å²) in [5, 5.41) is 3.53. The number of hydrogen-bond donors (Lipinski definition) is 1. The van der Waals surface area contributed by atoms with Gasteiger partial charge in [-0.15, -0.1) is 0 Å². The lowest BCUT2D eigenvalue weighted by atomic mass is 9.98. The molecule has 90 valence electrons. The Morgan fingerprint density at radius 3 is 2.06 bits per heavy atom. The minimum absolute atomic E-state index is 0.216. The van der Waals surface area contributed by atoms with E-state index in [9.17, 15) is 0 Å². The fraction of sp³-hybridized carbons (Fsp3) is 0.600. The van der Waals surface area contributed by atoms with Crippen LogP contribution in [0.15, 0.2) is 12.1 Å². The lowest BCUT2D eigenvalue weighted by molar-refractivity contribution is 0.429. The highest BCUT2D eigenvalue weighted by molar-refractivity contribution is 5.36. The SMILES string of the molecule is Cc1cc(C)c(CCNC(C)(C)C)cc1C. The van der Waals surface area contributed by atoms with E-state index in [4.69, 9.17) is 0 Å². The molecule has 0 amide bonds. The molecule has 0 unspecified atom stereocenters. The van der Waals surface area contributed by atoms with Crippen LogP contribution in [-0.2, 0) is 6.42 Å². The highest BCUT2D eigenvalue weighted by Gasteiger charge is 2.08. The molecule has 0 aliphatic rings. The molecule has 0 spiro atoms. The van der Waals surface area contributed by atoms with E-state index in [0.29, 0.717) is 0 Å². The largest absolute Gasteiger partial charge is 0.312 e. The number of hydrogen-bond acceptors (Lipinski definition) is 1. The quantitative estimate of drug-likeness (QED) is 0.820. The van der Waals surface area contributed by atoms with Crippen molar-refractivity contribution < 1.29 is 0 Å². The summed E-state index contributed by atoms with van der Waals surface area (Å²) in [4.78, 5) is 0. The lowest BCUT2D eigenvalue weighted by Gasteiger charge is -2.21. The molecule has 0 saturated carbocycles. The maximum Gasteiger partial charge on any atom is 0.00966 e. The van der Waals surface area contributed by atoms with Crippen LogP contribution in [0.3, 0.4) is 0 Å². The summed E-state index contributed by atoms with van der Waals surface area (Å²) in [5.41, 5.74) is 5.90. The second-order valence-electron chi connectivity index (χ2n) is 5.79. The molecule has 0 heterocycles. The lowest BCUT2D eigenvalue weighted by Crippen LogP contribution is -2.37. The van der Waals surface area contributed by atoms with Crippen molar-refractivity contribution in [2.24, 2.45) is 0 Å². The van der Waals surface area contributed by atoms with Gasteiger partial charge in [-0.05, 0) is 76.8 Å².